The summed E-state index contributed by atoms with van der Waals surface area (Å²) in [6.07, 6.45) is 1.49. The lowest BCUT2D eigenvalue weighted by Crippen LogP contribution is -1.90. The van der Waals surface area contributed by atoms with Gasteiger partial charge >= 0.3 is 0 Å². The van der Waals surface area contributed by atoms with E-state index >= 15 is 0 Å². The number of nitrogen functional groups attached to an aromatic ring is 1. The molecule has 0 saturated carbocycles. The van der Waals surface area contributed by atoms with Gasteiger partial charge in [0.1, 0.15) is 0 Å². The van der Waals surface area contributed by atoms with Crippen molar-refractivity contribution in [1.29, 1.82) is 0 Å². The molecule has 0 aliphatic heterocycles. The summed E-state index contributed by atoms with van der Waals surface area (Å²) in [6, 6.07) is 5.16. The van der Waals surface area contributed by atoms with E-state index in [-0.39, 0.29) is 5.82 Å². The van der Waals surface area contributed by atoms with Crippen LogP contribution < -0.4 is 5.73 Å². The second-order valence-electron chi connectivity index (χ2n) is 3.72. The fourth-order valence-electron chi connectivity index (χ4n) is 1.77. The maximum absolute atomic E-state index is 6.17. The van der Waals surface area contributed by atoms with Crippen molar-refractivity contribution in [3.8, 4) is 22.6 Å². The highest BCUT2D eigenvalue weighted by Gasteiger charge is 2.23. The average molecular weight is 296 g/mol. The maximum Gasteiger partial charge on any atom is 0.198 e. The first kappa shape index (κ1) is 12.0. The molecule has 0 saturated heterocycles. The largest absolute Gasteiger partial charge is 0.380 e. The summed E-state index contributed by atoms with van der Waals surface area (Å²) in [5.74, 6) is 0.550. The van der Waals surface area contributed by atoms with Gasteiger partial charge in [-0.1, -0.05) is 34.4 Å². The Hall–Kier alpha value is -2.05. The Morgan fingerprint density at radius 3 is 2.53 bits per heavy atom. The molecule has 8 heteroatoms. The molecule has 6 nitrogen and oxygen atoms in total. The Labute approximate surface area is 117 Å². The van der Waals surface area contributed by atoms with E-state index in [1.54, 1.807) is 18.2 Å². The number of aromatic nitrogens is 4. The molecular formula is C11H7Cl2N5O. The van der Waals surface area contributed by atoms with Crippen LogP contribution in [-0.4, -0.2) is 20.6 Å². The Balaban J connectivity index is 2.29. The van der Waals surface area contributed by atoms with Crippen molar-refractivity contribution in [1.82, 2.24) is 20.6 Å². The van der Waals surface area contributed by atoms with Gasteiger partial charge in [-0.3, -0.25) is 0 Å². The molecule has 0 bridgehead atoms. The number of nitrogens with two attached hydrogens (primary N) is 1. The van der Waals surface area contributed by atoms with E-state index in [9.17, 15) is 0 Å². The minimum Gasteiger partial charge on any atom is -0.380 e. The minimum absolute atomic E-state index is 0.188. The lowest BCUT2D eigenvalue weighted by Gasteiger charge is -2.05. The molecule has 0 unspecified atom stereocenters. The quantitative estimate of drug-likeness (QED) is 0.758. The highest BCUT2D eigenvalue weighted by Crippen LogP contribution is 2.42. The molecule has 2 heterocycles. The van der Waals surface area contributed by atoms with Gasteiger partial charge in [-0.15, -0.1) is 0 Å². The number of nitrogens with one attached hydrogen (secondary N) is 1. The van der Waals surface area contributed by atoms with Crippen LogP contribution in [0.5, 0.6) is 0 Å². The van der Waals surface area contributed by atoms with Crippen molar-refractivity contribution in [3.05, 3.63) is 34.4 Å². The van der Waals surface area contributed by atoms with E-state index in [0.29, 0.717) is 32.6 Å². The molecular weight excluding hydrogens is 289 g/mol. The van der Waals surface area contributed by atoms with Crippen molar-refractivity contribution in [2.75, 3.05) is 5.73 Å². The topological polar surface area (TPSA) is 93.6 Å². The lowest BCUT2D eigenvalue weighted by atomic mass is 10.0. The van der Waals surface area contributed by atoms with Crippen LogP contribution in [0.4, 0.5) is 5.82 Å². The lowest BCUT2D eigenvalue weighted by molar-refractivity contribution is 0.434. The average Bonchev–Trinajstić information content (AvgIpc) is 2.99. The first-order valence-corrected chi connectivity index (χ1v) is 5.99. The molecule has 3 N–H and O–H groups in total. The summed E-state index contributed by atoms with van der Waals surface area (Å²) < 4.78 is 5.19. The smallest absolute Gasteiger partial charge is 0.198 e. The fraction of sp³-hybridized carbons (Fsp3) is 0. The van der Waals surface area contributed by atoms with Crippen LogP contribution in [0.25, 0.3) is 22.6 Å². The summed E-state index contributed by atoms with van der Waals surface area (Å²) in [7, 11) is 0. The number of H-pyrrole nitrogens is 1. The number of hydrogen-bond acceptors (Lipinski definition) is 5. The Bertz CT molecular complexity index is 703. The van der Waals surface area contributed by atoms with Crippen molar-refractivity contribution in [2.45, 2.75) is 0 Å². The number of nitrogens with zero attached hydrogens (tertiary/aromatic N) is 3. The molecule has 0 atom stereocenters. The third-order valence-corrected chi connectivity index (χ3v) is 3.21. The van der Waals surface area contributed by atoms with Gasteiger partial charge in [-0.2, -0.15) is 15.4 Å². The monoisotopic (exact) mass is 295 g/mol. The molecule has 96 valence electrons. The van der Waals surface area contributed by atoms with E-state index < -0.39 is 0 Å². The van der Waals surface area contributed by atoms with Crippen LogP contribution in [0, 0.1) is 0 Å². The van der Waals surface area contributed by atoms with E-state index in [2.05, 4.69) is 20.6 Å². The molecule has 19 heavy (non-hydrogen) atoms. The van der Waals surface area contributed by atoms with Gasteiger partial charge in [0.2, 0.25) is 0 Å². The van der Waals surface area contributed by atoms with Crippen molar-refractivity contribution >= 4 is 29.0 Å². The van der Waals surface area contributed by atoms with Gasteiger partial charge < -0.3 is 10.3 Å². The number of rotatable bonds is 2. The molecule has 0 aliphatic rings. The van der Waals surface area contributed by atoms with Gasteiger partial charge in [-0.25, -0.2) is 0 Å². The summed E-state index contributed by atoms with van der Waals surface area (Å²) in [4.78, 5) is 0. The van der Waals surface area contributed by atoms with Gasteiger partial charge in [0.15, 0.2) is 17.3 Å². The number of halogens is 2. The van der Waals surface area contributed by atoms with Crippen LogP contribution in [0.2, 0.25) is 10.0 Å². The molecule has 3 rings (SSSR count). The SMILES string of the molecule is Nc1noc(-c2cn[nH]n2)c1-c1c(Cl)cccc1Cl. The summed E-state index contributed by atoms with van der Waals surface area (Å²) in [5, 5.41) is 14.8. The van der Waals surface area contributed by atoms with Gasteiger partial charge in [0.25, 0.3) is 0 Å². The van der Waals surface area contributed by atoms with Crippen molar-refractivity contribution in [2.24, 2.45) is 0 Å². The van der Waals surface area contributed by atoms with Crippen molar-refractivity contribution < 1.29 is 4.52 Å². The zero-order valence-electron chi connectivity index (χ0n) is 9.39. The Kier molecular flexibility index (Phi) is 2.88. The van der Waals surface area contributed by atoms with E-state index in [0.717, 1.165) is 0 Å². The van der Waals surface area contributed by atoms with Gasteiger partial charge in [0.05, 0.1) is 21.8 Å². The van der Waals surface area contributed by atoms with Crippen LogP contribution in [0.1, 0.15) is 0 Å². The van der Waals surface area contributed by atoms with E-state index in [1.807, 2.05) is 0 Å². The number of anilines is 1. The van der Waals surface area contributed by atoms with Crippen LogP contribution in [-0.2, 0) is 0 Å². The highest BCUT2D eigenvalue weighted by molar-refractivity contribution is 6.39. The molecule has 0 amide bonds. The molecule has 0 fully saturated rings. The number of benzene rings is 1. The molecule has 0 spiro atoms. The predicted molar refractivity (Wildman–Crippen MR) is 71.7 cm³/mol. The van der Waals surface area contributed by atoms with Crippen LogP contribution in [0.3, 0.4) is 0 Å². The Morgan fingerprint density at radius 2 is 1.89 bits per heavy atom. The second-order valence-corrected chi connectivity index (χ2v) is 4.54. The highest BCUT2D eigenvalue weighted by atomic mass is 35.5. The summed E-state index contributed by atoms with van der Waals surface area (Å²) in [5.41, 5.74) is 7.37. The molecule has 3 aromatic rings. The Morgan fingerprint density at radius 1 is 1.16 bits per heavy atom. The van der Waals surface area contributed by atoms with Crippen LogP contribution in [0.15, 0.2) is 28.9 Å². The number of aromatic amines is 1. The third kappa shape index (κ3) is 1.94. The first-order valence-electron chi connectivity index (χ1n) is 5.24. The standard InChI is InChI=1S/C11H7Cl2N5O/c12-5-2-1-3-6(13)8(5)9-10(19-17-11(9)14)7-4-15-18-16-7/h1-4H,(H2,14,17)(H,15,16,18). The normalized spacial score (nSPS) is 10.8. The molecule has 2 aromatic heterocycles. The van der Waals surface area contributed by atoms with Crippen LogP contribution >= 0.6 is 23.2 Å². The predicted octanol–water partition coefficient (Wildman–Crippen LogP) is 3.02. The molecule has 0 radical (unpaired) electrons. The summed E-state index contributed by atoms with van der Waals surface area (Å²) >= 11 is 12.3. The molecule has 1 aromatic carbocycles. The molecule has 0 aliphatic carbocycles. The minimum atomic E-state index is 0.188. The zero-order chi connectivity index (χ0) is 13.4. The second kappa shape index (κ2) is 4.56. The first-order chi connectivity index (χ1) is 9.18. The van der Waals surface area contributed by atoms with Crippen molar-refractivity contribution in [3.63, 3.8) is 0 Å². The zero-order valence-corrected chi connectivity index (χ0v) is 10.9. The van der Waals surface area contributed by atoms with E-state index in [4.69, 9.17) is 33.5 Å². The maximum atomic E-state index is 6.17. The summed E-state index contributed by atoms with van der Waals surface area (Å²) in [6.45, 7) is 0. The van der Waals surface area contributed by atoms with Gasteiger partial charge in [-0.05, 0) is 12.1 Å². The van der Waals surface area contributed by atoms with E-state index in [1.165, 1.54) is 6.20 Å². The van der Waals surface area contributed by atoms with Gasteiger partial charge in [0, 0.05) is 5.56 Å². The fourth-order valence-corrected chi connectivity index (χ4v) is 2.35. The third-order valence-electron chi connectivity index (χ3n) is 2.58. The number of hydrogen-bond donors (Lipinski definition) is 2.